The number of aromatic nitrogens is 1. The molecule has 21 heavy (non-hydrogen) atoms. The molecule has 118 valence electrons. The second-order valence-electron chi connectivity index (χ2n) is 6.07. The van der Waals surface area contributed by atoms with Gasteiger partial charge in [0.05, 0.1) is 6.54 Å². The minimum atomic E-state index is 0.455. The summed E-state index contributed by atoms with van der Waals surface area (Å²) in [5.74, 6) is 1.50. The van der Waals surface area contributed by atoms with Crippen LogP contribution >= 0.6 is 11.3 Å². The highest BCUT2D eigenvalue weighted by Gasteiger charge is 2.31. The number of rotatable bonds is 4. The summed E-state index contributed by atoms with van der Waals surface area (Å²) in [6, 6.07) is 1.06. The number of hydrogen-bond acceptors (Lipinski definition) is 4. The van der Waals surface area contributed by atoms with E-state index in [1.807, 2.05) is 13.2 Å². The molecule has 0 amide bonds. The molecule has 2 N–H and O–H groups in total. The predicted octanol–water partition coefficient (Wildman–Crippen LogP) is 1.85. The third-order valence-corrected chi connectivity index (χ3v) is 4.91. The van der Waals surface area contributed by atoms with E-state index in [2.05, 4.69) is 53.2 Å². The highest BCUT2D eigenvalue weighted by molar-refractivity contribution is 7.11. The summed E-state index contributed by atoms with van der Waals surface area (Å²) < 4.78 is 0. The maximum absolute atomic E-state index is 4.37. The van der Waals surface area contributed by atoms with Crippen LogP contribution in [0.4, 0.5) is 0 Å². The average Bonchev–Trinajstić information content (AvgIpc) is 3.01. The number of thiazole rings is 1. The number of nitrogens with one attached hydrogen (secondary N) is 2. The highest BCUT2D eigenvalue weighted by Crippen LogP contribution is 2.18. The van der Waals surface area contributed by atoms with Crippen LogP contribution in [0.25, 0.3) is 0 Å². The summed E-state index contributed by atoms with van der Waals surface area (Å²) in [7, 11) is 1.82. The van der Waals surface area contributed by atoms with Crippen molar-refractivity contribution in [3.63, 3.8) is 0 Å². The maximum Gasteiger partial charge on any atom is 0.191 e. The second kappa shape index (κ2) is 7.22. The van der Waals surface area contributed by atoms with E-state index in [1.165, 1.54) is 4.88 Å². The summed E-state index contributed by atoms with van der Waals surface area (Å²) in [5, 5.41) is 8.01. The van der Waals surface area contributed by atoms with Crippen LogP contribution in [0.3, 0.4) is 0 Å². The smallest absolute Gasteiger partial charge is 0.191 e. The van der Waals surface area contributed by atoms with Crippen molar-refractivity contribution in [2.45, 2.75) is 46.3 Å². The Morgan fingerprint density at radius 2 is 2.29 bits per heavy atom. The van der Waals surface area contributed by atoms with Gasteiger partial charge in [0.1, 0.15) is 5.01 Å². The molecule has 2 unspecified atom stereocenters. The van der Waals surface area contributed by atoms with Crippen LogP contribution in [0.2, 0.25) is 0 Å². The second-order valence-corrected chi connectivity index (χ2v) is 7.39. The lowest BCUT2D eigenvalue weighted by Gasteiger charge is -2.21. The van der Waals surface area contributed by atoms with Crippen LogP contribution < -0.4 is 10.6 Å². The molecule has 2 heterocycles. The first-order valence-corrected chi connectivity index (χ1v) is 8.43. The van der Waals surface area contributed by atoms with Gasteiger partial charge in [-0.15, -0.1) is 11.3 Å². The fourth-order valence-electron chi connectivity index (χ4n) is 2.63. The zero-order valence-corrected chi connectivity index (χ0v) is 14.5. The topological polar surface area (TPSA) is 52.6 Å². The van der Waals surface area contributed by atoms with Crippen molar-refractivity contribution in [2.24, 2.45) is 10.9 Å². The van der Waals surface area contributed by atoms with Gasteiger partial charge >= 0.3 is 0 Å². The first kappa shape index (κ1) is 16.2. The molecule has 1 aliphatic heterocycles. The average molecular weight is 309 g/mol. The first-order chi connectivity index (χ1) is 9.99. The molecule has 0 bridgehead atoms. The standard InChI is InChI=1S/C15H27N5S/c1-10(2)20-8-11(3)13(9-20)19-15(16-5)18-7-14-17-6-12(4)21-14/h6,10-11,13H,7-9H2,1-5H3,(H2,16,18,19). The molecule has 1 fully saturated rings. The van der Waals surface area contributed by atoms with E-state index in [1.54, 1.807) is 11.3 Å². The molecule has 0 spiro atoms. The molecule has 1 saturated heterocycles. The Morgan fingerprint density at radius 3 is 2.81 bits per heavy atom. The fraction of sp³-hybridized carbons (Fsp3) is 0.733. The van der Waals surface area contributed by atoms with E-state index in [-0.39, 0.29) is 0 Å². The summed E-state index contributed by atoms with van der Waals surface area (Å²) in [5.41, 5.74) is 0. The van der Waals surface area contributed by atoms with E-state index < -0.39 is 0 Å². The molecule has 0 aliphatic carbocycles. The van der Waals surface area contributed by atoms with Gasteiger partial charge in [-0.3, -0.25) is 9.89 Å². The molecule has 0 aromatic carbocycles. The molecular weight excluding hydrogens is 282 g/mol. The largest absolute Gasteiger partial charge is 0.352 e. The molecule has 1 aliphatic rings. The number of likely N-dealkylation sites (tertiary alicyclic amines) is 1. The van der Waals surface area contributed by atoms with Gasteiger partial charge in [0, 0.05) is 43.3 Å². The van der Waals surface area contributed by atoms with Crippen LogP contribution in [-0.2, 0) is 6.54 Å². The van der Waals surface area contributed by atoms with Crippen molar-refractivity contribution >= 4 is 17.3 Å². The van der Waals surface area contributed by atoms with Gasteiger partial charge in [0.25, 0.3) is 0 Å². The number of guanidine groups is 1. The molecule has 2 atom stereocenters. The SMILES string of the molecule is CN=C(NCc1ncc(C)s1)NC1CN(C(C)C)CC1C. The zero-order chi connectivity index (χ0) is 15.4. The van der Waals surface area contributed by atoms with E-state index >= 15 is 0 Å². The first-order valence-electron chi connectivity index (χ1n) is 7.62. The summed E-state index contributed by atoms with van der Waals surface area (Å²) in [6.07, 6.45) is 1.91. The van der Waals surface area contributed by atoms with Crippen LogP contribution in [-0.4, -0.2) is 48.1 Å². The van der Waals surface area contributed by atoms with Gasteiger partial charge in [-0.2, -0.15) is 0 Å². The minimum Gasteiger partial charge on any atom is -0.352 e. The Bertz CT molecular complexity index is 482. The van der Waals surface area contributed by atoms with E-state index in [9.17, 15) is 0 Å². The fourth-order valence-corrected chi connectivity index (χ4v) is 3.35. The number of hydrogen-bond donors (Lipinski definition) is 2. The predicted molar refractivity (Wildman–Crippen MR) is 89.8 cm³/mol. The molecule has 1 aromatic heterocycles. The van der Waals surface area contributed by atoms with Crippen LogP contribution in [0.5, 0.6) is 0 Å². The summed E-state index contributed by atoms with van der Waals surface area (Å²) in [4.78, 5) is 12.5. The van der Waals surface area contributed by atoms with Gasteiger partial charge in [0.2, 0.25) is 0 Å². The van der Waals surface area contributed by atoms with Crippen LogP contribution in [0.15, 0.2) is 11.2 Å². The third-order valence-electron chi connectivity index (χ3n) is 3.99. The monoisotopic (exact) mass is 309 g/mol. The van der Waals surface area contributed by atoms with E-state index in [0.29, 0.717) is 18.0 Å². The maximum atomic E-state index is 4.37. The third kappa shape index (κ3) is 4.41. The Hall–Kier alpha value is -1.14. The van der Waals surface area contributed by atoms with Gasteiger partial charge in [0.15, 0.2) is 5.96 Å². The lowest BCUT2D eigenvalue weighted by Crippen LogP contribution is -2.46. The molecule has 1 aromatic rings. The van der Waals surface area contributed by atoms with Crippen LogP contribution in [0, 0.1) is 12.8 Å². The number of aryl methyl sites for hydroxylation is 1. The lowest BCUT2D eigenvalue weighted by molar-refractivity contribution is 0.265. The van der Waals surface area contributed by atoms with Gasteiger partial charge in [-0.1, -0.05) is 6.92 Å². The Balaban J connectivity index is 1.85. The van der Waals surface area contributed by atoms with Crippen molar-refractivity contribution in [3.8, 4) is 0 Å². The van der Waals surface area contributed by atoms with Crippen molar-refractivity contribution in [1.29, 1.82) is 0 Å². The van der Waals surface area contributed by atoms with Crippen molar-refractivity contribution in [1.82, 2.24) is 20.5 Å². The zero-order valence-electron chi connectivity index (χ0n) is 13.7. The number of nitrogens with zero attached hydrogens (tertiary/aromatic N) is 3. The van der Waals surface area contributed by atoms with Gasteiger partial charge in [-0.25, -0.2) is 4.98 Å². The van der Waals surface area contributed by atoms with Crippen LogP contribution in [0.1, 0.15) is 30.7 Å². The highest BCUT2D eigenvalue weighted by atomic mass is 32.1. The normalized spacial score (nSPS) is 23.8. The summed E-state index contributed by atoms with van der Waals surface area (Å²) in [6.45, 7) is 11.9. The molecule has 0 radical (unpaired) electrons. The Kier molecular flexibility index (Phi) is 5.58. The van der Waals surface area contributed by atoms with Gasteiger partial charge in [-0.05, 0) is 26.7 Å². The van der Waals surface area contributed by atoms with E-state index in [4.69, 9.17) is 0 Å². The van der Waals surface area contributed by atoms with E-state index in [0.717, 1.165) is 30.6 Å². The molecule has 0 saturated carbocycles. The lowest BCUT2D eigenvalue weighted by atomic mass is 10.1. The molecule has 5 nitrogen and oxygen atoms in total. The summed E-state index contributed by atoms with van der Waals surface area (Å²) >= 11 is 1.72. The van der Waals surface area contributed by atoms with Crippen molar-refractivity contribution < 1.29 is 0 Å². The Labute approximate surface area is 131 Å². The van der Waals surface area contributed by atoms with Crippen molar-refractivity contribution in [3.05, 3.63) is 16.1 Å². The molecule has 6 heteroatoms. The molecular formula is C15H27N5S. The van der Waals surface area contributed by atoms with Crippen molar-refractivity contribution in [2.75, 3.05) is 20.1 Å². The molecule has 2 rings (SSSR count). The number of aliphatic imine (C=N–C) groups is 1. The minimum absolute atomic E-state index is 0.455. The quantitative estimate of drug-likeness (QED) is 0.658. The Morgan fingerprint density at radius 1 is 1.52 bits per heavy atom. The van der Waals surface area contributed by atoms with Gasteiger partial charge < -0.3 is 10.6 Å².